The summed E-state index contributed by atoms with van der Waals surface area (Å²) in [5, 5.41) is 9.09. The highest BCUT2D eigenvalue weighted by Crippen LogP contribution is 2.44. The Morgan fingerprint density at radius 1 is 0.849 bits per heavy atom. The molecule has 0 saturated heterocycles. The van der Waals surface area contributed by atoms with Crippen molar-refractivity contribution in [2.45, 2.75) is 70.2 Å². The van der Waals surface area contributed by atoms with Gasteiger partial charge in [0.15, 0.2) is 11.6 Å². The number of halogens is 3. The zero-order valence-electron chi connectivity index (χ0n) is 29.6. The molecule has 1 aliphatic rings. The number of nitrogens with zero attached hydrogens (tertiary/aromatic N) is 1. The van der Waals surface area contributed by atoms with Gasteiger partial charge in [-0.25, -0.2) is 10.4 Å². The summed E-state index contributed by atoms with van der Waals surface area (Å²) in [6.07, 6.45) is -5.58. The molecule has 1 aliphatic heterocycles. The first kappa shape index (κ1) is 38.8. The number of esters is 1. The van der Waals surface area contributed by atoms with E-state index < -0.39 is 35.5 Å². The van der Waals surface area contributed by atoms with Crippen LogP contribution < -0.4 is 20.3 Å². The number of aliphatic hydroxyl groups is 1. The van der Waals surface area contributed by atoms with Crippen molar-refractivity contribution in [1.82, 2.24) is 10.9 Å². The van der Waals surface area contributed by atoms with Crippen LogP contribution >= 0.6 is 0 Å². The first-order chi connectivity index (χ1) is 25.2. The van der Waals surface area contributed by atoms with Gasteiger partial charge in [-0.15, -0.1) is 13.2 Å². The van der Waals surface area contributed by atoms with E-state index in [9.17, 15) is 22.8 Å². The van der Waals surface area contributed by atoms with Gasteiger partial charge in [-0.2, -0.15) is 0 Å². The quantitative estimate of drug-likeness (QED) is 0.0665. The molecule has 3 N–H and O–H groups in total. The first-order valence-corrected chi connectivity index (χ1v) is 17.1. The molecular weight excluding hydrogens is 691 g/mol. The number of amides is 1. The van der Waals surface area contributed by atoms with Gasteiger partial charge in [0.1, 0.15) is 17.1 Å². The molecule has 0 spiro atoms. The number of ether oxygens (including phenoxy) is 4. The summed E-state index contributed by atoms with van der Waals surface area (Å²) in [5.41, 5.74) is 6.82. The summed E-state index contributed by atoms with van der Waals surface area (Å²) in [6.45, 7) is 5.64. The Hall–Kier alpha value is -5.40. The highest BCUT2D eigenvalue weighted by Gasteiger charge is 2.53. The minimum absolute atomic E-state index is 0.00193. The van der Waals surface area contributed by atoms with Crippen LogP contribution in [0.1, 0.15) is 62.8 Å². The monoisotopic (exact) mass is 733 g/mol. The minimum atomic E-state index is -4.82. The summed E-state index contributed by atoms with van der Waals surface area (Å²) in [7, 11) is 0. The van der Waals surface area contributed by atoms with Crippen LogP contribution in [0.25, 0.3) is 11.1 Å². The maximum Gasteiger partial charge on any atom is 0.573 e. The number of carbonyl (C=O) groups is 2. The molecular formula is C40H42F3N3O7. The highest BCUT2D eigenvalue weighted by atomic mass is 19.4. The van der Waals surface area contributed by atoms with Gasteiger partial charge in [0.25, 0.3) is 5.91 Å². The zero-order valence-corrected chi connectivity index (χ0v) is 29.6. The van der Waals surface area contributed by atoms with Crippen LogP contribution in [0.4, 0.5) is 13.2 Å². The van der Waals surface area contributed by atoms with E-state index >= 15 is 0 Å². The lowest BCUT2D eigenvalue weighted by atomic mass is 9.83. The van der Waals surface area contributed by atoms with Crippen LogP contribution in [0.2, 0.25) is 0 Å². The molecule has 2 atom stereocenters. The standard InChI is InChI=1S/C40H42F3N3O7/c1-38(2,3)53-34(48)22-23-39(37(49)46-44-26-27-10-18-33(19-11-27)52-40(41,42)43)35(30-14-12-29(13-15-30)28-8-5-4-6-9-28)51-36(45-39)31-16-20-32(21-17-31)50-25-7-24-47/h4-6,8-21,35,44,47H,7,22-26H2,1-3H3,(H,46,49)/t35-,39-/m0/s1. The van der Waals surface area contributed by atoms with Gasteiger partial charge < -0.3 is 24.1 Å². The van der Waals surface area contributed by atoms with Crippen molar-refractivity contribution in [1.29, 1.82) is 0 Å². The molecule has 0 radical (unpaired) electrons. The van der Waals surface area contributed by atoms with E-state index in [0.29, 0.717) is 35.5 Å². The molecule has 0 fully saturated rings. The van der Waals surface area contributed by atoms with Crippen LogP contribution in [-0.4, -0.2) is 53.6 Å². The molecule has 4 aromatic carbocycles. The first-order valence-electron chi connectivity index (χ1n) is 17.1. The van der Waals surface area contributed by atoms with Gasteiger partial charge in [-0.1, -0.05) is 66.7 Å². The van der Waals surface area contributed by atoms with Gasteiger partial charge in [0, 0.05) is 31.6 Å². The Morgan fingerprint density at radius 2 is 1.47 bits per heavy atom. The number of carbonyl (C=O) groups excluding carboxylic acids is 2. The molecule has 10 nitrogen and oxygen atoms in total. The van der Waals surface area contributed by atoms with E-state index in [2.05, 4.69) is 15.6 Å². The van der Waals surface area contributed by atoms with E-state index in [1.807, 2.05) is 54.6 Å². The Balaban J connectivity index is 1.46. The topological polar surface area (TPSA) is 128 Å². The average molecular weight is 734 g/mol. The fourth-order valence-corrected chi connectivity index (χ4v) is 5.68. The Kier molecular flexibility index (Phi) is 12.4. The van der Waals surface area contributed by atoms with Crippen LogP contribution in [0, 0.1) is 0 Å². The van der Waals surface area contributed by atoms with E-state index in [1.54, 1.807) is 45.0 Å². The number of alkyl halides is 3. The Morgan fingerprint density at radius 3 is 2.09 bits per heavy atom. The maximum absolute atomic E-state index is 14.4. The van der Waals surface area contributed by atoms with Crippen LogP contribution in [0.3, 0.4) is 0 Å². The van der Waals surface area contributed by atoms with Crippen molar-refractivity contribution in [3.8, 4) is 22.6 Å². The van der Waals surface area contributed by atoms with Crippen LogP contribution in [-0.2, 0) is 25.6 Å². The molecule has 13 heteroatoms. The normalized spacial score (nSPS) is 17.0. The van der Waals surface area contributed by atoms with E-state index in [-0.39, 0.29) is 37.6 Å². The summed E-state index contributed by atoms with van der Waals surface area (Å²) < 4.78 is 59.6. The van der Waals surface area contributed by atoms with Crippen molar-refractivity contribution in [3.63, 3.8) is 0 Å². The van der Waals surface area contributed by atoms with Gasteiger partial charge in [-0.05, 0) is 85.8 Å². The van der Waals surface area contributed by atoms with Crippen molar-refractivity contribution < 1.29 is 46.8 Å². The molecule has 0 bridgehead atoms. The lowest BCUT2D eigenvalue weighted by Crippen LogP contribution is -2.52. The smallest absolute Gasteiger partial charge is 0.494 e. The third-order valence-corrected chi connectivity index (χ3v) is 8.13. The van der Waals surface area contributed by atoms with Crippen LogP contribution in [0.15, 0.2) is 108 Å². The predicted octanol–water partition coefficient (Wildman–Crippen LogP) is 7.21. The number of benzene rings is 4. The molecule has 53 heavy (non-hydrogen) atoms. The minimum Gasteiger partial charge on any atom is -0.494 e. The number of hydrazine groups is 1. The second-order valence-corrected chi connectivity index (χ2v) is 13.4. The fourth-order valence-electron chi connectivity index (χ4n) is 5.68. The highest BCUT2D eigenvalue weighted by molar-refractivity contribution is 6.01. The van der Waals surface area contributed by atoms with Gasteiger partial charge in [0.05, 0.1) is 6.61 Å². The maximum atomic E-state index is 14.4. The molecule has 4 aromatic rings. The fraction of sp³-hybridized carbons (Fsp3) is 0.325. The third-order valence-electron chi connectivity index (χ3n) is 8.13. The van der Waals surface area contributed by atoms with E-state index in [4.69, 9.17) is 24.3 Å². The molecule has 0 aliphatic carbocycles. The molecule has 280 valence electrons. The average Bonchev–Trinajstić information content (AvgIpc) is 3.52. The summed E-state index contributed by atoms with van der Waals surface area (Å²) in [5.74, 6) is -0.755. The molecule has 0 unspecified atom stereocenters. The Labute approximate surface area is 305 Å². The van der Waals surface area contributed by atoms with E-state index in [0.717, 1.165) is 11.1 Å². The summed E-state index contributed by atoms with van der Waals surface area (Å²) in [4.78, 5) is 32.4. The lowest BCUT2D eigenvalue weighted by molar-refractivity contribution is -0.274. The second-order valence-electron chi connectivity index (χ2n) is 13.4. The van der Waals surface area contributed by atoms with Gasteiger partial charge >= 0.3 is 12.3 Å². The van der Waals surface area contributed by atoms with Crippen molar-refractivity contribution in [3.05, 3.63) is 120 Å². The van der Waals surface area contributed by atoms with Gasteiger partial charge in [0.2, 0.25) is 5.90 Å². The van der Waals surface area contributed by atoms with Crippen molar-refractivity contribution in [2.24, 2.45) is 4.99 Å². The zero-order chi connectivity index (χ0) is 38.1. The van der Waals surface area contributed by atoms with E-state index in [1.165, 1.54) is 24.3 Å². The number of nitrogens with one attached hydrogen (secondary N) is 2. The number of hydrogen-bond donors (Lipinski definition) is 3. The molecule has 1 amide bonds. The summed E-state index contributed by atoms with van der Waals surface area (Å²) >= 11 is 0. The summed E-state index contributed by atoms with van der Waals surface area (Å²) in [6, 6.07) is 29.5. The lowest BCUT2D eigenvalue weighted by Gasteiger charge is -2.31. The second kappa shape index (κ2) is 17.0. The van der Waals surface area contributed by atoms with Crippen molar-refractivity contribution >= 4 is 17.8 Å². The predicted molar refractivity (Wildman–Crippen MR) is 192 cm³/mol. The molecule has 0 aromatic heterocycles. The Bertz CT molecular complexity index is 1840. The molecule has 5 rings (SSSR count). The van der Waals surface area contributed by atoms with Crippen LogP contribution in [0.5, 0.6) is 11.5 Å². The number of aliphatic hydroxyl groups excluding tert-OH is 1. The largest absolute Gasteiger partial charge is 0.573 e. The molecule has 0 saturated carbocycles. The third kappa shape index (κ3) is 10.8. The SMILES string of the molecule is CC(C)(C)OC(=O)CC[C@]1(C(=O)NNCc2ccc(OC(F)(F)F)cc2)N=C(c2ccc(OCCCO)cc2)O[C@H]1c1ccc(-c2ccccc2)cc1. The number of hydrogen-bond acceptors (Lipinski definition) is 9. The number of rotatable bonds is 15. The molecule has 1 heterocycles. The number of aliphatic imine (C=N–C) groups is 1. The van der Waals surface area contributed by atoms with Gasteiger partial charge in [-0.3, -0.25) is 15.0 Å². The van der Waals surface area contributed by atoms with Crippen molar-refractivity contribution in [2.75, 3.05) is 13.2 Å².